The number of nitrogens with one attached hydrogen (secondary N) is 1. The summed E-state index contributed by atoms with van der Waals surface area (Å²) in [6, 6.07) is 11.4. The normalized spacial score (nSPS) is 15.0. The number of carbonyl (C=O) groups is 1. The number of ether oxygens (including phenoxy) is 2. The molecule has 144 valence electrons. The van der Waals surface area contributed by atoms with Crippen LogP contribution in [0.3, 0.4) is 0 Å². The van der Waals surface area contributed by atoms with Crippen LogP contribution in [-0.4, -0.2) is 35.1 Å². The second-order valence-corrected chi connectivity index (χ2v) is 6.57. The Morgan fingerprint density at radius 1 is 1.25 bits per heavy atom. The lowest BCUT2D eigenvalue weighted by Gasteiger charge is -2.11. The lowest BCUT2D eigenvalue weighted by atomic mass is 10.2. The second kappa shape index (κ2) is 9.00. The largest absolute Gasteiger partial charge is 0.493 e. The quantitative estimate of drug-likeness (QED) is 0.434. The summed E-state index contributed by atoms with van der Waals surface area (Å²) in [5.41, 5.74) is 1.58. The van der Waals surface area contributed by atoms with E-state index in [2.05, 4.69) is 15.5 Å². The second-order valence-electron chi connectivity index (χ2n) is 5.61. The molecule has 0 aromatic heterocycles. The zero-order chi connectivity index (χ0) is 19.9. The maximum Gasteiger partial charge on any atom is 0.269 e. The number of benzene rings is 2. The van der Waals surface area contributed by atoms with E-state index in [0.29, 0.717) is 22.4 Å². The summed E-state index contributed by atoms with van der Waals surface area (Å²) in [6.45, 7) is 0.242. The van der Waals surface area contributed by atoms with Crippen molar-refractivity contribution in [3.63, 3.8) is 0 Å². The van der Waals surface area contributed by atoms with Crippen LogP contribution in [0.5, 0.6) is 11.5 Å². The van der Waals surface area contributed by atoms with Crippen molar-refractivity contribution in [1.29, 1.82) is 0 Å². The van der Waals surface area contributed by atoms with Crippen molar-refractivity contribution in [2.24, 2.45) is 10.2 Å². The minimum atomic E-state index is -0.446. The number of hydrogen-bond acceptors (Lipinski definition) is 8. The number of carbonyl (C=O) groups excluding carboxylic acids is 1. The highest BCUT2D eigenvalue weighted by molar-refractivity contribution is 8.15. The van der Waals surface area contributed by atoms with E-state index >= 15 is 0 Å². The summed E-state index contributed by atoms with van der Waals surface area (Å²) in [7, 11) is 1.53. The lowest BCUT2D eigenvalue weighted by Crippen LogP contribution is -2.19. The van der Waals surface area contributed by atoms with E-state index in [1.54, 1.807) is 36.5 Å². The van der Waals surface area contributed by atoms with Crippen molar-refractivity contribution in [3.05, 3.63) is 63.7 Å². The van der Waals surface area contributed by atoms with E-state index in [0.717, 1.165) is 11.1 Å². The number of hydrogen-bond donors (Lipinski definition) is 1. The van der Waals surface area contributed by atoms with Gasteiger partial charge in [-0.3, -0.25) is 14.9 Å². The molecule has 0 aliphatic carbocycles. The van der Waals surface area contributed by atoms with Crippen molar-refractivity contribution in [1.82, 2.24) is 5.32 Å². The molecule has 1 heterocycles. The molecule has 0 bridgehead atoms. The van der Waals surface area contributed by atoms with Gasteiger partial charge in [-0.25, -0.2) is 0 Å². The molecule has 0 radical (unpaired) electrons. The monoisotopic (exact) mass is 400 g/mol. The van der Waals surface area contributed by atoms with Gasteiger partial charge >= 0.3 is 0 Å². The van der Waals surface area contributed by atoms with Gasteiger partial charge in [-0.1, -0.05) is 11.8 Å². The van der Waals surface area contributed by atoms with E-state index in [9.17, 15) is 14.9 Å². The summed E-state index contributed by atoms with van der Waals surface area (Å²) >= 11 is 1.30. The Morgan fingerprint density at radius 2 is 2.04 bits per heavy atom. The first-order chi connectivity index (χ1) is 13.5. The van der Waals surface area contributed by atoms with Crippen molar-refractivity contribution < 1.29 is 19.2 Å². The van der Waals surface area contributed by atoms with Crippen LogP contribution in [0.4, 0.5) is 5.69 Å². The van der Waals surface area contributed by atoms with E-state index in [-0.39, 0.29) is 18.2 Å². The van der Waals surface area contributed by atoms with Crippen LogP contribution in [0, 0.1) is 10.1 Å². The molecular weight excluding hydrogens is 384 g/mol. The van der Waals surface area contributed by atoms with Crippen molar-refractivity contribution in [2.45, 2.75) is 6.61 Å². The molecule has 0 atom stereocenters. The molecule has 0 spiro atoms. The molecule has 9 nitrogen and oxygen atoms in total. The fourth-order valence-corrected chi connectivity index (χ4v) is 2.92. The number of nitro benzene ring substituents is 1. The number of amides is 1. The fourth-order valence-electron chi connectivity index (χ4n) is 2.29. The number of methoxy groups -OCH3 is 1. The molecule has 0 saturated carbocycles. The standard InChI is InChI=1S/C18H16N4O5S/c1-26-16-8-13(9-19-21-18-20-17(23)11-28-18)4-7-15(16)27-10-12-2-5-14(6-3-12)22(24)25/h2-9H,10-11H2,1H3,(H,20,21,23). The van der Waals surface area contributed by atoms with Crippen LogP contribution in [0.2, 0.25) is 0 Å². The summed E-state index contributed by atoms with van der Waals surface area (Å²) < 4.78 is 11.1. The van der Waals surface area contributed by atoms with Gasteiger partial charge < -0.3 is 14.8 Å². The highest BCUT2D eigenvalue weighted by Gasteiger charge is 2.16. The number of non-ortho nitro benzene ring substituents is 1. The molecule has 0 unspecified atom stereocenters. The Balaban J connectivity index is 1.64. The van der Waals surface area contributed by atoms with Gasteiger partial charge in [0.2, 0.25) is 5.91 Å². The predicted octanol–water partition coefficient (Wildman–Crippen LogP) is 2.74. The molecule has 1 aliphatic rings. The molecule has 1 amide bonds. The van der Waals surface area contributed by atoms with Gasteiger partial charge in [0.1, 0.15) is 6.61 Å². The Bertz CT molecular complexity index is 943. The molecule has 2 aromatic carbocycles. The van der Waals surface area contributed by atoms with E-state index < -0.39 is 4.92 Å². The van der Waals surface area contributed by atoms with Gasteiger partial charge in [0.25, 0.3) is 5.69 Å². The summed E-state index contributed by atoms with van der Waals surface area (Å²) in [5, 5.41) is 21.6. The first kappa shape index (κ1) is 19.4. The molecule has 3 rings (SSSR count). The average molecular weight is 400 g/mol. The minimum Gasteiger partial charge on any atom is -0.493 e. The molecule has 28 heavy (non-hydrogen) atoms. The maximum atomic E-state index is 11.1. The highest BCUT2D eigenvalue weighted by Crippen LogP contribution is 2.28. The van der Waals surface area contributed by atoms with Crippen LogP contribution in [0.15, 0.2) is 52.7 Å². The van der Waals surface area contributed by atoms with Crippen LogP contribution < -0.4 is 14.8 Å². The molecule has 2 aromatic rings. The first-order valence-electron chi connectivity index (χ1n) is 8.13. The van der Waals surface area contributed by atoms with Crippen LogP contribution in [-0.2, 0) is 11.4 Å². The third-order valence-electron chi connectivity index (χ3n) is 3.67. The Morgan fingerprint density at radius 3 is 2.68 bits per heavy atom. The van der Waals surface area contributed by atoms with Crippen LogP contribution >= 0.6 is 11.8 Å². The number of rotatable bonds is 7. The van der Waals surface area contributed by atoms with Gasteiger partial charge in [-0.05, 0) is 41.5 Å². The zero-order valence-electron chi connectivity index (χ0n) is 14.8. The third kappa shape index (κ3) is 5.07. The summed E-state index contributed by atoms with van der Waals surface area (Å²) in [6.07, 6.45) is 1.54. The summed E-state index contributed by atoms with van der Waals surface area (Å²) in [4.78, 5) is 21.3. The molecular formula is C18H16N4O5S. The zero-order valence-corrected chi connectivity index (χ0v) is 15.6. The smallest absolute Gasteiger partial charge is 0.269 e. The molecule has 1 N–H and O–H groups in total. The van der Waals surface area contributed by atoms with E-state index in [4.69, 9.17) is 9.47 Å². The number of nitrogens with zero attached hydrogens (tertiary/aromatic N) is 3. The minimum absolute atomic E-state index is 0.0316. The third-order valence-corrected chi connectivity index (χ3v) is 4.53. The van der Waals surface area contributed by atoms with E-state index in [1.165, 1.54) is 31.0 Å². The SMILES string of the molecule is COc1cc(C=NN=C2NC(=O)CS2)ccc1OCc1ccc([N+](=O)[O-])cc1. The predicted molar refractivity (Wildman–Crippen MR) is 106 cm³/mol. The Labute approximate surface area is 164 Å². The Hall–Kier alpha value is -3.40. The Kier molecular flexibility index (Phi) is 6.22. The molecule has 1 fully saturated rings. The number of amidine groups is 1. The van der Waals surface area contributed by atoms with Crippen LogP contribution in [0.25, 0.3) is 0 Å². The first-order valence-corrected chi connectivity index (χ1v) is 9.11. The van der Waals surface area contributed by atoms with Crippen molar-refractivity contribution in [2.75, 3.05) is 12.9 Å². The van der Waals surface area contributed by atoms with Gasteiger partial charge in [-0.2, -0.15) is 5.10 Å². The van der Waals surface area contributed by atoms with Gasteiger partial charge in [0, 0.05) is 12.1 Å². The number of nitro groups is 1. The molecule has 1 saturated heterocycles. The van der Waals surface area contributed by atoms with E-state index in [1.807, 2.05) is 0 Å². The van der Waals surface area contributed by atoms with Gasteiger partial charge in [0.15, 0.2) is 16.7 Å². The lowest BCUT2D eigenvalue weighted by molar-refractivity contribution is -0.384. The topological polar surface area (TPSA) is 115 Å². The van der Waals surface area contributed by atoms with Crippen molar-refractivity contribution in [3.8, 4) is 11.5 Å². The van der Waals surface area contributed by atoms with Crippen molar-refractivity contribution >= 4 is 34.7 Å². The van der Waals surface area contributed by atoms with Gasteiger partial charge in [0.05, 0.1) is 24.0 Å². The summed E-state index contributed by atoms with van der Waals surface area (Å²) in [5.74, 6) is 1.31. The maximum absolute atomic E-state index is 11.1. The molecule has 1 aliphatic heterocycles. The number of thioether (sulfide) groups is 1. The highest BCUT2D eigenvalue weighted by atomic mass is 32.2. The van der Waals surface area contributed by atoms with Crippen LogP contribution in [0.1, 0.15) is 11.1 Å². The van der Waals surface area contributed by atoms with Gasteiger partial charge in [-0.15, -0.1) is 5.10 Å². The fraction of sp³-hybridized carbons (Fsp3) is 0.167. The average Bonchev–Trinajstić information content (AvgIpc) is 3.12. The molecule has 10 heteroatoms.